The van der Waals surface area contributed by atoms with Crippen molar-refractivity contribution in [2.75, 3.05) is 33.9 Å². The molecule has 0 aromatic carbocycles. The van der Waals surface area contributed by atoms with Crippen LogP contribution in [0.3, 0.4) is 0 Å². The Morgan fingerprint density at radius 3 is 2.21 bits per heavy atom. The number of nitrogens with zero attached hydrogens (tertiary/aromatic N) is 2. The molecule has 1 saturated heterocycles. The fourth-order valence-corrected chi connectivity index (χ4v) is 4.24. The van der Waals surface area contributed by atoms with Crippen molar-refractivity contribution in [3.05, 3.63) is 22.4 Å². The second-order valence-corrected chi connectivity index (χ2v) is 9.63. The summed E-state index contributed by atoms with van der Waals surface area (Å²) in [5.74, 6) is 0.00698. The molecule has 0 bridgehead atoms. The molecule has 1 atom stereocenters. The fourth-order valence-electron chi connectivity index (χ4n) is 4.24. The Bertz CT molecular complexity index is 916. The summed E-state index contributed by atoms with van der Waals surface area (Å²) in [5, 5.41) is 7.00. The van der Waals surface area contributed by atoms with Gasteiger partial charge in [-0.15, -0.1) is 0 Å². The standard InChI is InChI=1S/C23H32N2O6.CH4O/c1-13-17-8-23(15(3)26,20(27)29-7)9-18(17)14(2)24-19(13)30-12-16-10-25(11-16)21(28)31-22(4,5)6;1-2/h16H,8-12H2,1-7H3;2H,1H3. The van der Waals surface area contributed by atoms with Gasteiger partial charge in [0.25, 0.3) is 0 Å². The lowest BCUT2D eigenvalue weighted by Crippen LogP contribution is -2.53. The maximum Gasteiger partial charge on any atom is 0.410 e. The van der Waals surface area contributed by atoms with Crippen molar-refractivity contribution in [3.63, 3.8) is 0 Å². The number of ketones is 1. The largest absolute Gasteiger partial charge is 0.477 e. The van der Waals surface area contributed by atoms with Gasteiger partial charge in [0, 0.05) is 37.4 Å². The van der Waals surface area contributed by atoms with Gasteiger partial charge < -0.3 is 24.2 Å². The van der Waals surface area contributed by atoms with Crippen molar-refractivity contribution in [2.24, 2.45) is 11.3 Å². The summed E-state index contributed by atoms with van der Waals surface area (Å²) in [6.45, 7) is 12.3. The third-order valence-electron chi connectivity index (χ3n) is 6.12. The van der Waals surface area contributed by atoms with E-state index in [9.17, 15) is 14.4 Å². The smallest absolute Gasteiger partial charge is 0.410 e. The summed E-state index contributed by atoms with van der Waals surface area (Å²) >= 11 is 0. The lowest BCUT2D eigenvalue weighted by atomic mass is 9.80. The van der Waals surface area contributed by atoms with Crippen molar-refractivity contribution in [2.45, 2.75) is 60.0 Å². The zero-order valence-corrected chi connectivity index (χ0v) is 20.9. The number of hydrogen-bond acceptors (Lipinski definition) is 8. The number of aliphatic hydroxyl groups excluding tert-OH is 1. The van der Waals surface area contributed by atoms with E-state index in [1.165, 1.54) is 14.0 Å². The number of amides is 1. The molecule has 2 aliphatic rings. The molecule has 9 nitrogen and oxygen atoms in total. The number of likely N-dealkylation sites (tertiary alicyclic amines) is 1. The fraction of sp³-hybridized carbons (Fsp3) is 0.667. The van der Waals surface area contributed by atoms with Crippen LogP contribution in [-0.4, -0.2) is 72.4 Å². The van der Waals surface area contributed by atoms with E-state index in [4.69, 9.17) is 19.3 Å². The van der Waals surface area contributed by atoms with E-state index in [1.807, 2.05) is 34.6 Å². The number of aromatic nitrogens is 1. The first-order valence-corrected chi connectivity index (χ1v) is 11.0. The highest BCUT2D eigenvalue weighted by Gasteiger charge is 2.50. The van der Waals surface area contributed by atoms with Crippen LogP contribution < -0.4 is 4.74 Å². The number of ether oxygens (including phenoxy) is 3. The van der Waals surface area contributed by atoms with E-state index in [0.29, 0.717) is 38.4 Å². The van der Waals surface area contributed by atoms with Gasteiger partial charge in [0.1, 0.15) is 16.8 Å². The van der Waals surface area contributed by atoms with Gasteiger partial charge in [-0.05, 0) is 65.5 Å². The predicted octanol–water partition coefficient (Wildman–Crippen LogP) is 2.40. The van der Waals surface area contributed by atoms with Crippen LogP contribution in [0.25, 0.3) is 0 Å². The highest BCUT2D eigenvalue weighted by Crippen LogP contribution is 2.43. The van der Waals surface area contributed by atoms with Crippen LogP contribution in [0.1, 0.15) is 50.1 Å². The number of carbonyl (C=O) groups excluding carboxylic acids is 3. The molecule has 1 amide bonds. The summed E-state index contributed by atoms with van der Waals surface area (Å²) < 4.78 is 16.3. The highest BCUT2D eigenvalue weighted by atomic mass is 16.6. The third-order valence-corrected chi connectivity index (χ3v) is 6.12. The van der Waals surface area contributed by atoms with Crippen molar-refractivity contribution in [3.8, 4) is 5.88 Å². The van der Waals surface area contributed by atoms with Gasteiger partial charge in [0.2, 0.25) is 5.88 Å². The molecule has 1 aliphatic carbocycles. The van der Waals surface area contributed by atoms with Crippen molar-refractivity contribution in [1.82, 2.24) is 9.88 Å². The lowest BCUT2D eigenvalue weighted by molar-refractivity contribution is -0.156. The Morgan fingerprint density at radius 2 is 1.70 bits per heavy atom. The number of carbonyl (C=O) groups is 3. The van der Waals surface area contributed by atoms with Crippen LogP contribution in [-0.2, 0) is 31.9 Å². The summed E-state index contributed by atoms with van der Waals surface area (Å²) in [7, 11) is 2.31. The van der Waals surface area contributed by atoms with Gasteiger partial charge >= 0.3 is 12.1 Å². The Morgan fingerprint density at radius 1 is 1.12 bits per heavy atom. The van der Waals surface area contributed by atoms with E-state index < -0.39 is 17.0 Å². The third kappa shape index (κ3) is 5.46. The second-order valence-electron chi connectivity index (χ2n) is 9.63. The molecule has 1 fully saturated rings. The molecule has 3 rings (SSSR count). The van der Waals surface area contributed by atoms with Gasteiger partial charge in [0.05, 0.1) is 13.7 Å². The first-order chi connectivity index (χ1) is 15.4. The van der Waals surface area contributed by atoms with Gasteiger partial charge in [-0.25, -0.2) is 9.78 Å². The number of aliphatic hydroxyl groups is 1. The Kier molecular flexibility index (Phi) is 8.11. The number of fused-ring (bicyclic) bond motifs is 1. The molecule has 2 heterocycles. The summed E-state index contributed by atoms with van der Waals surface area (Å²) in [6, 6.07) is 0. The summed E-state index contributed by atoms with van der Waals surface area (Å²) in [6.07, 6.45) is 0.290. The first kappa shape index (κ1) is 26.6. The molecule has 1 aromatic rings. The van der Waals surface area contributed by atoms with Crippen LogP contribution >= 0.6 is 0 Å². The molecule has 1 aromatic heterocycles. The van der Waals surface area contributed by atoms with E-state index >= 15 is 0 Å². The minimum absolute atomic E-state index is 0.200. The SMILES string of the molecule is CO.COC(=O)C1(C(C)=O)Cc2c(C)nc(OCC3CN(C(=O)OC(C)(C)C)C3)c(C)c2C1. The molecule has 9 heteroatoms. The van der Waals surface area contributed by atoms with Crippen LogP contribution in [0.4, 0.5) is 4.79 Å². The molecule has 0 radical (unpaired) electrons. The molecule has 184 valence electrons. The number of pyridine rings is 1. The lowest BCUT2D eigenvalue weighted by Gasteiger charge is -2.39. The van der Waals surface area contributed by atoms with E-state index in [2.05, 4.69) is 4.98 Å². The maximum absolute atomic E-state index is 12.5. The minimum Gasteiger partial charge on any atom is -0.477 e. The van der Waals surface area contributed by atoms with Crippen LogP contribution in [0.15, 0.2) is 0 Å². The number of esters is 1. The van der Waals surface area contributed by atoms with Gasteiger partial charge in [-0.1, -0.05) is 0 Å². The minimum atomic E-state index is -1.19. The Labute approximate surface area is 195 Å². The topological polar surface area (TPSA) is 115 Å². The van der Waals surface area contributed by atoms with E-state index in [0.717, 1.165) is 29.5 Å². The molecular formula is C24H36N2O7. The Balaban J connectivity index is 0.00000187. The van der Waals surface area contributed by atoms with Crippen molar-refractivity contribution >= 4 is 17.8 Å². The number of aryl methyl sites for hydroxylation is 1. The average molecular weight is 465 g/mol. The number of rotatable bonds is 5. The van der Waals surface area contributed by atoms with Gasteiger partial charge in [-0.2, -0.15) is 0 Å². The van der Waals surface area contributed by atoms with Crippen LogP contribution in [0.2, 0.25) is 0 Å². The van der Waals surface area contributed by atoms with Crippen LogP contribution in [0.5, 0.6) is 5.88 Å². The van der Waals surface area contributed by atoms with E-state index in [-0.39, 0.29) is 17.8 Å². The van der Waals surface area contributed by atoms with Gasteiger partial charge in [0.15, 0.2) is 0 Å². The zero-order valence-electron chi connectivity index (χ0n) is 20.9. The molecule has 1 unspecified atom stereocenters. The molecular weight excluding hydrogens is 428 g/mol. The van der Waals surface area contributed by atoms with Crippen molar-refractivity contribution < 1.29 is 33.7 Å². The maximum atomic E-state index is 12.5. The normalized spacial score (nSPS) is 19.6. The number of methoxy groups -OCH3 is 1. The molecule has 1 N–H and O–H groups in total. The monoisotopic (exact) mass is 464 g/mol. The predicted molar refractivity (Wildman–Crippen MR) is 121 cm³/mol. The molecule has 33 heavy (non-hydrogen) atoms. The number of hydrogen-bond donors (Lipinski definition) is 1. The molecule has 0 saturated carbocycles. The van der Waals surface area contributed by atoms with Gasteiger partial charge in [-0.3, -0.25) is 9.59 Å². The number of Topliss-reactive ketones (excluding diaryl/α,β-unsaturated/α-hetero) is 1. The van der Waals surface area contributed by atoms with Crippen molar-refractivity contribution in [1.29, 1.82) is 0 Å². The first-order valence-electron chi connectivity index (χ1n) is 11.0. The quantitative estimate of drug-likeness (QED) is 0.522. The van der Waals surface area contributed by atoms with E-state index in [1.54, 1.807) is 4.90 Å². The van der Waals surface area contributed by atoms with Crippen LogP contribution in [0, 0.1) is 25.2 Å². The molecule has 0 spiro atoms. The zero-order chi connectivity index (χ0) is 25.1. The summed E-state index contributed by atoms with van der Waals surface area (Å²) in [4.78, 5) is 43.2. The summed E-state index contributed by atoms with van der Waals surface area (Å²) in [5.41, 5.74) is 1.76. The Hall–Kier alpha value is -2.68. The second kappa shape index (κ2) is 10.1. The molecule has 1 aliphatic heterocycles. The average Bonchev–Trinajstić information content (AvgIpc) is 3.13. The highest BCUT2D eigenvalue weighted by molar-refractivity contribution is 6.04.